The van der Waals surface area contributed by atoms with E-state index < -0.39 is 0 Å². The van der Waals surface area contributed by atoms with Gasteiger partial charge in [0.2, 0.25) is 0 Å². The fourth-order valence-electron chi connectivity index (χ4n) is 2.97. The Kier molecular flexibility index (Phi) is 8.25. The highest BCUT2D eigenvalue weighted by molar-refractivity contribution is 14.0. The molecule has 0 radical (unpaired) electrons. The lowest BCUT2D eigenvalue weighted by Gasteiger charge is -2.16. The Labute approximate surface area is 186 Å². The van der Waals surface area contributed by atoms with E-state index >= 15 is 0 Å². The zero-order chi connectivity index (χ0) is 19.2. The van der Waals surface area contributed by atoms with Crippen molar-refractivity contribution in [3.63, 3.8) is 0 Å². The van der Waals surface area contributed by atoms with Gasteiger partial charge in [0.15, 0.2) is 5.96 Å². The Morgan fingerprint density at radius 1 is 1.00 bits per heavy atom. The molecule has 28 heavy (non-hydrogen) atoms. The molecule has 1 aliphatic rings. The molecule has 2 N–H and O–H groups in total. The molecule has 0 spiro atoms. The maximum atomic E-state index is 12.3. The van der Waals surface area contributed by atoms with Crippen molar-refractivity contribution in [3.8, 4) is 0 Å². The molecular weight excluding hydrogens is 491 g/mol. The lowest BCUT2D eigenvalue weighted by atomic mass is 10.1. The van der Waals surface area contributed by atoms with E-state index in [9.17, 15) is 9.59 Å². The molecule has 0 aliphatic carbocycles. The monoisotopic (exact) mass is 512 g/mol. The van der Waals surface area contributed by atoms with E-state index in [0.717, 1.165) is 17.0 Å². The molecule has 2 aromatic rings. The molecule has 2 aromatic carbocycles. The first kappa shape index (κ1) is 22.2. The summed E-state index contributed by atoms with van der Waals surface area (Å²) in [7, 11) is 1.68. The molecule has 1 heterocycles. The van der Waals surface area contributed by atoms with Gasteiger partial charge in [-0.2, -0.15) is 0 Å². The van der Waals surface area contributed by atoms with Crippen LogP contribution in [0.15, 0.2) is 53.5 Å². The van der Waals surface area contributed by atoms with Crippen molar-refractivity contribution in [2.24, 2.45) is 4.99 Å². The van der Waals surface area contributed by atoms with Gasteiger partial charge < -0.3 is 10.6 Å². The van der Waals surface area contributed by atoms with Gasteiger partial charge in [-0.15, -0.1) is 24.0 Å². The smallest absolute Gasteiger partial charge is 0.261 e. The highest BCUT2D eigenvalue weighted by Crippen LogP contribution is 2.21. The van der Waals surface area contributed by atoms with Gasteiger partial charge in [0.05, 0.1) is 11.1 Å². The Balaban J connectivity index is 0.00000280. The second-order valence-electron chi connectivity index (χ2n) is 6.11. The first-order valence-electron chi connectivity index (χ1n) is 8.74. The number of carbonyl (C=O) groups is 2. The van der Waals surface area contributed by atoms with Crippen LogP contribution in [0.25, 0.3) is 0 Å². The van der Waals surface area contributed by atoms with Crippen LogP contribution in [-0.2, 0) is 6.42 Å². The lowest BCUT2D eigenvalue weighted by molar-refractivity contribution is 0.0657. The molecular formula is C20H22ClIN4O2. The van der Waals surface area contributed by atoms with E-state index in [0.29, 0.717) is 30.2 Å². The topological polar surface area (TPSA) is 73.8 Å². The number of rotatable bonds is 6. The molecule has 8 heteroatoms. The Hall–Kier alpha value is -2.13. The van der Waals surface area contributed by atoms with Crippen LogP contribution in [0.2, 0.25) is 5.02 Å². The van der Waals surface area contributed by atoms with E-state index in [1.807, 2.05) is 24.3 Å². The number of aliphatic imine (C=N–C) groups is 1. The van der Waals surface area contributed by atoms with E-state index in [4.69, 9.17) is 11.6 Å². The molecule has 0 saturated heterocycles. The van der Waals surface area contributed by atoms with Gasteiger partial charge in [0.25, 0.3) is 11.8 Å². The van der Waals surface area contributed by atoms with E-state index in [1.54, 1.807) is 31.3 Å². The summed E-state index contributed by atoms with van der Waals surface area (Å²) < 4.78 is 0. The third-order valence-corrected chi connectivity index (χ3v) is 4.56. The van der Waals surface area contributed by atoms with E-state index in [-0.39, 0.29) is 42.3 Å². The summed E-state index contributed by atoms with van der Waals surface area (Å²) in [6.07, 6.45) is 0.805. The molecule has 6 nitrogen and oxygen atoms in total. The molecule has 3 rings (SSSR count). The summed E-state index contributed by atoms with van der Waals surface area (Å²) in [5.41, 5.74) is 2.06. The van der Waals surface area contributed by atoms with Crippen LogP contribution >= 0.6 is 35.6 Å². The second kappa shape index (κ2) is 10.4. The number of nitrogens with zero attached hydrogens (tertiary/aromatic N) is 2. The molecule has 0 aromatic heterocycles. The molecule has 0 bridgehead atoms. The van der Waals surface area contributed by atoms with Crippen LogP contribution in [0.4, 0.5) is 0 Å². The van der Waals surface area contributed by atoms with Crippen molar-refractivity contribution in [3.05, 3.63) is 70.2 Å². The zero-order valence-electron chi connectivity index (χ0n) is 15.4. The number of benzene rings is 2. The zero-order valence-corrected chi connectivity index (χ0v) is 18.5. The minimum absolute atomic E-state index is 0. The fraction of sp³-hybridized carbons (Fsp3) is 0.250. The van der Waals surface area contributed by atoms with Gasteiger partial charge in [0.1, 0.15) is 0 Å². The van der Waals surface area contributed by atoms with Crippen LogP contribution in [-0.4, -0.2) is 49.4 Å². The number of imide groups is 1. The quantitative estimate of drug-likeness (QED) is 0.270. The number of nitrogens with one attached hydrogen (secondary N) is 2. The highest BCUT2D eigenvalue weighted by Gasteiger charge is 2.34. The van der Waals surface area contributed by atoms with Crippen LogP contribution < -0.4 is 10.6 Å². The third kappa shape index (κ3) is 5.23. The maximum Gasteiger partial charge on any atom is 0.261 e. The van der Waals surface area contributed by atoms with Crippen molar-refractivity contribution in [1.29, 1.82) is 0 Å². The van der Waals surface area contributed by atoms with Gasteiger partial charge >= 0.3 is 0 Å². The summed E-state index contributed by atoms with van der Waals surface area (Å²) in [6, 6.07) is 14.6. The summed E-state index contributed by atoms with van der Waals surface area (Å²) in [6.45, 7) is 1.39. The first-order chi connectivity index (χ1) is 13.1. The number of amides is 2. The highest BCUT2D eigenvalue weighted by atomic mass is 127. The van der Waals surface area contributed by atoms with E-state index in [2.05, 4.69) is 15.6 Å². The van der Waals surface area contributed by atoms with Gasteiger partial charge in [-0.25, -0.2) is 0 Å². The predicted molar refractivity (Wildman–Crippen MR) is 122 cm³/mol. The Bertz CT molecular complexity index is 853. The molecule has 2 amide bonds. The summed E-state index contributed by atoms with van der Waals surface area (Å²) >= 11 is 5.99. The first-order valence-corrected chi connectivity index (χ1v) is 9.12. The normalized spacial score (nSPS) is 13.2. The number of halogens is 2. The Morgan fingerprint density at radius 3 is 2.25 bits per heavy atom. The number of carbonyl (C=O) groups excluding carboxylic acids is 2. The molecule has 0 unspecified atom stereocenters. The molecule has 1 aliphatic heterocycles. The third-order valence-electron chi connectivity index (χ3n) is 4.32. The van der Waals surface area contributed by atoms with Crippen LogP contribution in [0.1, 0.15) is 26.3 Å². The largest absolute Gasteiger partial charge is 0.356 e. The standard InChI is InChI=1S/C20H21ClN4O2.HI/c1-22-20(23-10-9-14-5-4-6-15(21)13-14)24-11-12-25-18(26)16-7-2-3-8-17(16)19(25)27;/h2-8,13H,9-12H2,1H3,(H2,22,23,24);1H. The van der Waals surface area contributed by atoms with Crippen LogP contribution in [0.5, 0.6) is 0 Å². The Morgan fingerprint density at radius 2 is 1.64 bits per heavy atom. The summed E-state index contributed by atoms with van der Waals surface area (Å²) in [5.74, 6) is 0.122. The minimum atomic E-state index is -0.249. The molecule has 0 saturated carbocycles. The van der Waals surface area contributed by atoms with Crippen LogP contribution in [0, 0.1) is 0 Å². The number of fused-ring (bicyclic) bond motifs is 1. The van der Waals surface area contributed by atoms with Gasteiger partial charge in [-0.3, -0.25) is 19.5 Å². The minimum Gasteiger partial charge on any atom is -0.356 e. The van der Waals surface area contributed by atoms with Crippen LogP contribution in [0.3, 0.4) is 0 Å². The average molecular weight is 513 g/mol. The van der Waals surface area contributed by atoms with Crippen molar-refractivity contribution in [2.45, 2.75) is 6.42 Å². The number of guanidine groups is 1. The summed E-state index contributed by atoms with van der Waals surface area (Å²) in [5, 5.41) is 7.06. The van der Waals surface area contributed by atoms with Crippen molar-refractivity contribution in [2.75, 3.05) is 26.7 Å². The lowest BCUT2D eigenvalue weighted by Crippen LogP contribution is -2.43. The van der Waals surface area contributed by atoms with Gasteiger partial charge in [-0.05, 0) is 36.2 Å². The second-order valence-corrected chi connectivity index (χ2v) is 6.55. The van der Waals surface area contributed by atoms with E-state index in [1.165, 1.54) is 4.90 Å². The predicted octanol–water partition coefficient (Wildman–Crippen LogP) is 2.96. The van der Waals surface area contributed by atoms with Crippen molar-refractivity contribution >= 4 is 53.4 Å². The SMILES string of the molecule is CN=C(NCCc1cccc(Cl)c1)NCCN1C(=O)c2ccccc2C1=O.I. The number of hydrogen-bond donors (Lipinski definition) is 2. The maximum absolute atomic E-state index is 12.3. The summed E-state index contributed by atoms with van der Waals surface area (Å²) in [4.78, 5) is 30.1. The number of hydrogen-bond acceptors (Lipinski definition) is 3. The molecule has 0 fully saturated rings. The fourth-order valence-corrected chi connectivity index (χ4v) is 3.18. The van der Waals surface area contributed by atoms with Gasteiger partial charge in [-0.1, -0.05) is 35.9 Å². The molecule has 148 valence electrons. The van der Waals surface area contributed by atoms with Crippen molar-refractivity contribution in [1.82, 2.24) is 15.5 Å². The molecule has 0 atom stereocenters. The average Bonchev–Trinajstić information content (AvgIpc) is 2.92. The van der Waals surface area contributed by atoms with Crippen molar-refractivity contribution < 1.29 is 9.59 Å². The van der Waals surface area contributed by atoms with Gasteiger partial charge in [0, 0.05) is 31.7 Å².